The molecule has 4 rings (SSSR count). The fourth-order valence-electron chi connectivity index (χ4n) is 5.67. The van der Waals surface area contributed by atoms with Crippen molar-refractivity contribution in [3.63, 3.8) is 0 Å². The van der Waals surface area contributed by atoms with E-state index in [1.807, 2.05) is 0 Å². The molecule has 250 valence electrons. The highest BCUT2D eigenvalue weighted by Crippen LogP contribution is 2.36. The minimum absolute atomic E-state index is 0.00616. The van der Waals surface area contributed by atoms with Gasteiger partial charge in [-0.15, -0.1) is 0 Å². The van der Waals surface area contributed by atoms with Crippen LogP contribution in [0.2, 0.25) is 0 Å². The third kappa shape index (κ3) is 7.13. The maximum atomic E-state index is 12.8. The molecular weight excluding hydrogens is 580 g/mol. The lowest BCUT2D eigenvalue weighted by Gasteiger charge is -2.49. The zero-order valence-corrected chi connectivity index (χ0v) is 23.4. The second kappa shape index (κ2) is 14.1. The van der Waals surface area contributed by atoms with Crippen LogP contribution in [0.3, 0.4) is 0 Å². The molecule has 19 nitrogen and oxygen atoms in total. The molecule has 0 aromatic heterocycles. The summed E-state index contributed by atoms with van der Waals surface area (Å²) in [6.45, 7) is -0.648. The predicted octanol–water partition coefficient (Wildman–Crippen LogP) is -9.08. The second-order valence-corrected chi connectivity index (χ2v) is 11.7. The lowest BCUT2D eigenvalue weighted by Crippen LogP contribution is -2.70. The van der Waals surface area contributed by atoms with Crippen LogP contribution in [0.15, 0.2) is 0 Å². The van der Waals surface area contributed by atoms with Crippen LogP contribution in [0.25, 0.3) is 0 Å². The Morgan fingerprint density at radius 1 is 0.837 bits per heavy atom. The molecule has 0 aromatic rings. The standard InChI is InChI=1S/C24H46N6O13/c25-7-3-8(30-23(38)24(39)4-11(24)26)20(43-22-17(36)12(27)14(33)10(6-32)41-22)18(37)19(7)42-21-13(28)16(35)15(34)9(40-21)5-29-1-2-31/h7-22,29,31-37,39H,1-6,25-28H2,(H,30,38)/t7-,8+,9+,10+,11?,12-,13+,14+,15+,16+,17+,18-,19+,20-,21+,22+,24?/m0/s1. The fraction of sp³-hybridized carbons (Fsp3) is 0.958. The van der Waals surface area contributed by atoms with Gasteiger partial charge in [-0.3, -0.25) is 4.79 Å². The van der Waals surface area contributed by atoms with Crippen molar-refractivity contribution in [2.45, 2.75) is 116 Å². The molecule has 19 heteroatoms. The number of aliphatic hydroxyl groups excluding tert-OH is 7. The SMILES string of the molecule is NC1CC1(O)C(=O)N[C@@H]1C[C@H](N)[C@@H](O[C@H]2O[C@H](CNCCO)[C@@H](O)[C@H](O)[C@H]2N)[C@H](O)[C@H]1O[C@H]1O[C@H](CO)[C@@H](O)[C@H](N)[C@H]1O. The van der Waals surface area contributed by atoms with Gasteiger partial charge < -0.3 is 93.4 Å². The van der Waals surface area contributed by atoms with E-state index in [1.54, 1.807) is 0 Å². The number of rotatable bonds is 11. The molecule has 4 aliphatic rings. The Kier molecular flexibility index (Phi) is 11.3. The van der Waals surface area contributed by atoms with E-state index in [2.05, 4.69) is 10.6 Å². The quantitative estimate of drug-likeness (QED) is 0.0946. The van der Waals surface area contributed by atoms with E-state index in [0.29, 0.717) is 0 Å². The molecule has 17 atom stereocenters. The van der Waals surface area contributed by atoms with E-state index in [1.165, 1.54) is 0 Å². The monoisotopic (exact) mass is 626 g/mol. The number of carbonyl (C=O) groups is 1. The molecule has 2 saturated carbocycles. The third-order valence-electron chi connectivity index (χ3n) is 8.61. The summed E-state index contributed by atoms with van der Waals surface area (Å²) in [7, 11) is 0. The largest absolute Gasteiger partial charge is 0.395 e. The van der Waals surface area contributed by atoms with Gasteiger partial charge in [0.15, 0.2) is 18.2 Å². The lowest BCUT2D eigenvalue weighted by atomic mass is 9.83. The first kappa shape index (κ1) is 34.7. The zero-order chi connectivity index (χ0) is 31.8. The molecule has 1 amide bonds. The Morgan fingerprint density at radius 3 is 2.07 bits per heavy atom. The number of amides is 1. The van der Waals surface area contributed by atoms with Crippen molar-refractivity contribution in [1.82, 2.24) is 10.6 Å². The molecule has 0 bridgehead atoms. The molecular formula is C24H46N6O13. The minimum atomic E-state index is -1.83. The predicted molar refractivity (Wildman–Crippen MR) is 142 cm³/mol. The molecule has 2 aliphatic heterocycles. The average molecular weight is 627 g/mol. The van der Waals surface area contributed by atoms with E-state index in [-0.39, 0.29) is 32.5 Å². The Hall–Kier alpha value is -1.21. The maximum Gasteiger partial charge on any atom is 0.253 e. The van der Waals surface area contributed by atoms with E-state index >= 15 is 0 Å². The summed E-state index contributed by atoms with van der Waals surface area (Å²) in [6, 6.07) is -5.49. The van der Waals surface area contributed by atoms with Crippen molar-refractivity contribution in [2.24, 2.45) is 22.9 Å². The van der Waals surface area contributed by atoms with Gasteiger partial charge in [0.25, 0.3) is 5.91 Å². The highest BCUT2D eigenvalue weighted by molar-refractivity contribution is 5.89. The number of hydrogen-bond acceptors (Lipinski definition) is 18. The summed E-state index contributed by atoms with van der Waals surface area (Å²) in [5.41, 5.74) is 22.2. The van der Waals surface area contributed by atoms with Crippen molar-refractivity contribution in [3.8, 4) is 0 Å². The summed E-state index contributed by atoms with van der Waals surface area (Å²) in [6.07, 6.45) is -15.7. The number of nitrogens with two attached hydrogens (primary N) is 4. The van der Waals surface area contributed by atoms with Gasteiger partial charge in [0.2, 0.25) is 0 Å². The van der Waals surface area contributed by atoms with Crippen LogP contribution >= 0.6 is 0 Å². The van der Waals surface area contributed by atoms with Gasteiger partial charge in [0.1, 0.15) is 54.9 Å². The Morgan fingerprint density at radius 2 is 1.47 bits per heavy atom. The molecule has 2 heterocycles. The Balaban J connectivity index is 1.54. The lowest BCUT2D eigenvalue weighted by molar-refractivity contribution is -0.320. The number of aliphatic hydroxyl groups is 8. The van der Waals surface area contributed by atoms with Crippen molar-refractivity contribution >= 4 is 5.91 Å². The summed E-state index contributed by atoms with van der Waals surface area (Å²) in [5.74, 6) is -0.837. The molecule has 43 heavy (non-hydrogen) atoms. The first-order valence-electron chi connectivity index (χ1n) is 14.2. The number of hydrogen-bond donors (Lipinski definition) is 14. The number of carbonyl (C=O) groups excluding carboxylic acids is 1. The summed E-state index contributed by atoms with van der Waals surface area (Å²) in [5, 5.41) is 87.8. The highest BCUT2D eigenvalue weighted by Gasteiger charge is 2.59. The highest BCUT2D eigenvalue weighted by atomic mass is 16.7. The van der Waals surface area contributed by atoms with Gasteiger partial charge in [-0.2, -0.15) is 0 Å². The van der Waals surface area contributed by atoms with E-state index in [0.717, 1.165) is 0 Å². The van der Waals surface area contributed by atoms with Crippen LogP contribution in [-0.2, 0) is 23.7 Å². The third-order valence-corrected chi connectivity index (χ3v) is 8.61. The van der Waals surface area contributed by atoms with Crippen LogP contribution in [0.1, 0.15) is 12.8 Å². The molecule has 2 unspecified atom stereocenters. The fourth-order valence-corrected chi connectivity index (χ4v) is 5.67. The van der Waals surface area contributed by atoms with Crippen LogP contribution in [0, 0.1) is 0 Å². The van der Waals surface area contributed by atoms with Crippen LogP contribution in [-0.4, -0.2) is 176 Å². The first-order valence-corrected chi connectivity index (χ1v) is 14.2. The topological polar surface area (TPSA) is 344 Å². The maximum absolute atomic E-state index is 12.8. The minimum Gasteiger partial charge on any atom is -0.395 e. The number of nitrogens with one attached hydrogen (secondary N) is 2. The number of ether oxygens (including phenoxy) is 4. The Bertz CT molecular complexity index is 942. The van der Waals surface area contributed by atoms with E-state index < -0.39 is 116 Å². The normalized spacial score (nSPS) is 50.3. The smallest absolute Gasteiger partial charge is 0.253 e. The van der Waals surface area contributed by atoms with Crippen molar-refractivity contribution in [1.29, 1.82) is 0 Å². The van der Waals surface area contributed by atoms with Gasteiger partial charge >= 0.3 is 0 Å². The van der Waals surface area contributed by atoms with Crippen LogP contribution in [0.5, 0.6) is 0 Å². The second-order valence-electron chi connectivity index (χ2n) is 11.7. The Labute approximate surface area is 247 Å². The molecule has 0 spiro atoms. The summed E-state index contributed by atoms with van der Waals surface area (Å²) >= 11 is 0. The molecule has 4 fully saturated rings. The first-order chi connectivity index (χ1) is 20.2. The van der Waals surface area contributed by atoms with Crippen molar-refractivity contribution in [2.75, 3.05) is 26.3 Å². The van der Waals surface area contributed by atoms with Gasteiger partial charge in [-0.1, -0.05) is 0 Å². The average Bonchev–Trinajstić information content (AvgIpc) is 3.60. The van der Waals surface area contributed by atoms with E-state index in [9.17, 15) is 40.5 Å². The molecule has 0 radical (unpaired) electrons. The zero-order valence-electron chi connectivity index (χ0n) is 23.4. The molecule has 2 saturated heterocycles. The van der Waals surface area contributed by atoms with Gasteiger partial charge in [0.05, 0.1) is 31.3 Å². The van der Waals surface area contributed by atoms with E-state index in [4.69, 9.17) is 47.0 Å². The molecule has 0 aromatic carbocycles. The van der Waals surface area contributed by atoms with Crippen LogP contribution in [0.4, 0.5) is 0 Å². The van der Waals surface area contributed by atoms with Gasteiger partial charge in [0, 0.05) is 31.6 Å². The molecule has 2 aliphatic carbocycles. The van der Waals surface area contributed by atoms with Crippen molar-refractivity contribution in [3.05, 3.63) is 0 Å². The molecule has 18 N–H and O–H groups in total. The van der Waals surface area contributed by atoms with Gasteiger partial charge in [-0.05, 0) is 6.42 Å². The van der Waals surface area contributed by atoms with Crippen molar-refractivity contribution < 1.29 is 64.6 Å². The van der Waals surface area contributed by atoms with Gasteiger partial charge in [-0.25, -0.2) is 0 Å². The summed E-state index contributed by atoms with van der Waals surface area (Å²) in [4.78, 5) is 12.8. The van der Waals surface area contributed by atoms with Crippen LogP contribution < -0.4 is 33.6 Å². The summed E-state index contributed by atoms with van der Waals surface area (Å²) < 4.78 is 23.2.